The number of aromatic amines is 1. The van der Waals surface area contributed by atoms with E-state index in [-0.39, 0.29) is 5.91 Å². The van der Waals surface area contributed by atoms with Crippen molar-refractivity contribution in [1.82, 2.24) is 24.7 Å². The van der Waals surface area contributed by atoms with Crippen LogP contribution >= 0.6 is 0 Å². The number of rotatable bonds is 6. The smallest absolute Gasteiger partial charge is 0.229 e. The highest BCUT2D eigenvalue weighted by atomic mass is 16.1. The Morgan fingerprint density at radius 3 is 2.93 bits per heavy atom. The van der Waals surface area contributed by atoms with Crippen LogP contribution in [0.3, 0.4) is 0 Å². The quantitative estimate of drug-likeness (QED) is 0.512. The van der Waals surface area contributed by atoms with Crippen LogP contribution in [0.25, 0.3) is 10.9 Å². The van der Waals surface area contributed by atoms with Gasteiger partial charge in [-0.15, -0.1) is 0 Å². The van der Waals surface area contributed by atoms with Crippen LogP contribution in [0.1, 0.15) is 48.7 Å². The minimum atomic E-state index is -0.0762. The van der Waals surface area contributed by atoms with E-state index >= 15 is 0 Å². The first-order valence-electron chi connectivity index (χ1n) is 10.4. The number of anilines is 1. The van der Waals surface area contributed by atoms with Crippen LogP contribution in [0.5, 0.6) is 0 Å². The summed E-state index contributed by atoms with van der Waals surface area (Å²) in [6.45, 7) is 3.09. The van der Waals surface area contributed by atoms with Gasteiger partial charge in [0.1, 0.15) is 5.82 Å². The molecule has 7 nitrogen and oxygen atoms in total. The number of carbonyl (C=O) groups excluding carboxylic acids is 1. The van der Waals surface area contributed by atoms with Crippen LogP contribution in [-0.2, 0) is 17.8 Å². The van der Waals surface area contributed by atoms with Crippen molar-refractivity contribution in [2.24, 2.45) is 0 Å². The SMILES string of the molecule is CCn1ccnc1C1CC(c2cc(NC(=O)Cc3ccc4ncccc4c3)n[nH]2)C1. The Kier molecular flexibility index (Phi) is 4.78. The number of carbonyl (C=O) groups is 1. The molecule has 7 heteroatoms. The Morgan fingerprint density at radius 2 is 2.07 bits per heavy atom. The fourth-order valence-corrected chi connectivity index (χ4v) is 4.25. The number of imidazole rings is 1. The number of benzene rings is 1. The first kappa shape index (κ1) is 18.5. The number of hydrogen-bond donors (Lipinski definition) is 2. The lowest BCUT2D eigenvalue weighted by molar-refractivity contribution is -0.115. The van der Waals surface area contributed by atoms with Gasteiger partial charge in [-0.3, -0.25) is 14.9 Å². The molecule has 0 unspecified atom stereocenters. The van der Waals surface area contributed by atoms with Crippen LogP contribution in [-0.4, -0.2) is 30.6 Å². The lowest BCUT2D eigenvalue weighted by Gasteiger charge is -2.34. The van der Waals surface area contributed by atoms with Gasteiger partial charge in [0, 0.05) is 54.1 Å². The van der Waals surface area contributed by atoms with Crippen LogP contribution in [0.15, 0.2) is 55.0 Å². The molecule has 5 rings (SSSR count). The Labute approximate surface area is 174 Å². The van der Waals surface area contributed by atoms with Gasteiger partial charge < -0.3 is 9.88 Å². The normalized spacial score (nSPS) is 18.3. The summed E-state index contributed by atoms with van der Waals surface area (Å²) < 4.78 is 2.21. The number of aromatic nitrogens is 5. The largest absolute Gasteiger partial charge is 0.335 e. The second-order valence-corrected chi connectivity index (χ2v) is 7.90. The summed E-state index contributed by atoms with van der Waals surface area (Å²) >= 11 is 0. The molecule has 1 aromatic carbocycles. The van der Waals surface area contributed by atoms with E-state index in [0.29, 0.717) is 24.1 Å². The minimum absolute atomic E-state index is 0.0762. The second kappa shape index (κ2) is 7.74. The number of H-pyrrole nitrogens is 1. The van der Waals surface area contributed by atoms with Gasteiger partial charge in [0.2, 0.25) is 5.91 Å². The molecule has 0 atom stereocenters. The second-order valence-electron chi connectivity index (χ2n) is 7.90. The Morgan fingerprint density at radius 1 is 1.17 bits per heavy atom. The first-order valence-corrected chi connectivity index (χ1v) is 10.4. The number of pyridine rings is 1. The van der Waals surface area contributed by atoms with E-state index in [1.807, 2.05) is 48.8 Å². The molecule has 1 amide bonds. The van der Waals surface area contributed by atoms with Crippen LogP contribution < -0.4 is 5.32 Å². The number of hydrogen-bond acceptors (Lipinski definition) is 4. The molecule has 1 aliphatic rings. The van der Waals surface area contributed by atoms with E-state index in [1.54, 1.807) is 6.20 Å². The summed E-state index contributed by atoms with van der Waals surface area (Å²) in [6.07, 6.45) is 8.10. The number of fused-ring (bicyclic) bond motifs is 1. The molecule has 0 saturated heterocycles. The van der Waals surface area contributed by atoms with Gasteiger partial charge in [0.25, 0.3) is 0 Å². The summed E-state index contributed by atoms with van der Waals surface area (Å²) in [5, 5.41) is 11.3. The highest BCUT2D eigenvalue weighted by molar-refractivity contribution is 5.92. The van der Waals surface area contributed by atoms with Crippen LogP contribution in [0.2, 0.25) is 0 Å². The Bertz CT molecular complexity index is 1190. The molecule has 2 N–H and O–H groups in total. The summed E-state index contributed by atoms with van der Waals surface area (Å²) in [6, 6.07) is 11.8. The van der Waals surface area contributed by atoms with Gasteiger partial charge in [0.05, 0.1) is 11.9 Å². The maximum atomic E-state index is 12.5. The van der Waals surface area contributed by atoms with Gasteiger partial charge in [-0.1, -0.05) is 12.1 Å². The molecule has 0 bridgehead atoms. The predicted octanol–water partition coefficient (Wildman–Crippen LogP) is 4.02. The number of nitrogens with zero attached hydrogens (tertiary/aromatic N) is 4. The molecular weight excluding hydrogens is 376 g/mol. The van der Waals surface area contributed by atoms with E-state index in [0.717, 1.165) is 41.5 Å². The number of nitrogens with one attached hydrogen (secondary N) is 2. The first-order chi connectivity index (χ1) is 14.7. The van der Waals surface area contributed by atoms with Crippen LogP contribution in [0.4, 0.5) is 5.82 Å². The van der Waals surface area contributed by atoms with Crippen molar-refractivity contribution < 1.29 is 4.79 Å². The van der Waals surface area contributed by atoms with Crippen LogP contribution in [0, 0.1) is 0 Å². The molecule has 1 fully saturated rings. The third kappa shape index (κ3) is 3.58. The summed E-state index contributed by atoms with van der Waals surface area (Å²) in [5.41, 5.74) is 2.96. The van der Waals surface area contributed by atoms with Crippen molar-refractivity contribution in [3.05, 3.63) is 72.1 Å². The lowest BCUT2D eigenvalue weighted by atomic mass is 9.73. The van der Waals surface area contributed by atoms with Crippen molar-refractivity contribution in [3.8, 4) is 0 Å². The molecular formula is C23H24N6O. The van der Waals surface area contributed by atoms with E-state index in [4.69, 9.17) is 0 Å². The molecule has 1 aliphatic carbocycles. The highest BCUT2D eigenvalue weighted by Gasteiger charge is 2.35. The van der Waals surface area contributed by atoms with Gasteiger partial charge in [0.15, 0.2) is 5.82 Å². The van der Waals surface area contributed by atoms with Crippen molar-refractivity contribution in [1.29, 1.82) is 0 Å². The van der Waals surface area contributed by atoms with Crippen molar-refractivity contribution in [2.45, 2.75) is 44.6 Å². The zero-order chi connectivity index (χ0) is 20.5. The number of aryl methyl sites for hydroxylation is 1. The maximum Gasteiger partial charge on any atom is 0.229 e. The highest BCUT2D eigenvalue weighted by Crippen LogP contribution is 2.46. The van der Waals surface area contributed by atoms with Crippen molar-refractivity contribution in [3.63, 3.8) is 0 Å². The molecule has 0 spiro atoms. The zero-order valence-electron chi connectivity index (χ0n) is 16.9. The Balaban J connectivity index is 1.18. The molecule has 30 heavy (non-hydrogen) atoms. The monoisotopic (exact) mass is 400 g/mol. The standard InChI is InChI=1S/C23H24N6O/c1-2-29-9-8-25-23(29)18-12-17(13-18)20-14-21(28-27-20)26-22(30)11-15-5-6-19-16(10-15)4-3-7-24-19/h3-10,14,17-18H,2,11-13H2,1H3,(H2,26,27,28,30). The average molecular weight is 400 g/mol. The van der Waals surface area contributed by atoms with Crippen molar-refractivity contribution >= 4 is 22.6 Å². The van der Waals surface area contributed by atoms with Gasteiger partial charge in [-0.25, -0.2) is 4.98 Å². The van der Waals surface area contributed by atoms with E-state index in [1.165, 1.54) is 5.82 Å². The van der Waals surface area contributed by atoms with Gasteiger partial charge in [-0.2, -0.15) is 5.10 Å². The molecule has 4 aromatic rings. The molecule has 152 valence electrons. The Hall–Kier alpha value is -3.48. The minimum Gasteiger partial charge on any atom is -0.335 e. The fraction of sp³-hybridized carbons (Fsp3) is 0.304. The molecule has 0 aliphatic heterocycles. The number of amides is 1. The van der Waals surface area contributed by atoms with Gasteiger partial charge >= 0.3 is 0 Å². The summed E-state index contributed by atoms with van der Waals surface area (Å²) in [7, 11) is 0. The molecule has 3 heterocycles. The molecule has 0 radical (unpaired) electrons. The van der Waals surface area contributed by atoms with E-state index < -0.39 is 0 Å². The van der Waals surface area contributed by atoms with E-state index in [2.05, 4.69) is 37.0 Å². The summed E-state index contributed by atoms with van der Waals surface area (Å²) in [4.78, 5) is 21.3. The molecule has 3 aromatic heterocycles. The van der Waals surface area contributed by atoms with Gasteiger partial charge in [-0.05, 0) is 43.5 Å². The van der Waals surface area contributed by atoms with E-state index in [9.17, 15) is 4.79 Å². The topological polar surface area (TPSA) is 88.5 Å². The summed E-state index contributed by atoms with van der Waals surface area (Å²) in [5.74, 6) is 2.60. The predicted molar refractivity (Wildman–Crippen MR) is 115 cm³/mol. The lowest BCUT2D eigenvalue weighted by Crippen LogP contribution is -2.23. The average Bonchev–Trinajstić information content (AvgIpc) is 3.36. The third-order valence-corrected chi connectivity index (χ3v) is 5.93. The van der Waals surface area contributed by atoms with Crippen molar-refractivity contribution in [2.75, 3.05) is 5.32 Å². The fourth-order valence-electron chi connectivity index (χ4n) is 4.25. The third-order valence-electron chi connectivity index (χ3n) is 5.93. The zero-order valence-corrected chi connectivity index (χ0v) is 16.9. The maximum absolute atomic E-state index is 12.5. The molecule has 1 saturated carbocycles.